The third-order valence-electron chi connectivity index (χ3n) is 5.06. The Balaban J connectivity index is 1.72. The molecule has 0 bridgehead atoms. The van der Waals surface area contributed by atoms with Crippen LogP contribution in [-0.2, 0) is 0 Å². The fraction of sp³-hybridized carbons (Fsp3) is 0.368. The first-order chi connectivity index (χ1) is 12.2. The van der Waals surface area contributed by atoms with Gasteiger partial charge < -0.3 is 10.0 Å². The van der Waals surface area contributed by atoms with Gasteiger partial charge in [0.2, 0.25) is 0 Å². The zero-order valence-corrected chi connectivity index (χ0v) is 14.0. The first-order valence-electron chi connectivity index (χ1n) is 8.52. The monoisotopic (exact) mass is 336 g/mol. The number of aliphatic hydroxyl groups excluding tert-OH is 1. The number of amides is 1. The Labute approximate surface area is 146 Å². The number of carbonyl (C=O) groups is 1. The Kier molecular flexibility index (Phi) is 4.05. The molecule has 1 fully saturated rings. The average molecular weight is 336 g/mol. The molecule has 6 nitrogen and oxygen atoms in total. The molecule has 1 saturated heterocycles. The SMILES string of the molecule is Cc1ccc(-c2ncccn2)c(C(=O)N2C[C@@H]3C=CC3CC2CO)n1. The molecule has 0 saturated carbocycles. The Morgan fingerprint density at radius 2 is 2.00 bits per heavy atom. The van der Waals surface area contributed by atoms with E-state index in [2.05, 4.69) is 27.1 Å². The van der Waals surface area contributed by atoms with Crippen LogP contribution in [0.25, 0.3) is 11.4 Å². The third-order valence-corrected chi connectivity index (χ3v) is 5.06. The maximum Gasteiger partial charge on any atom is 0.273 e. The van der Waals surface area contributed by atoms with Crippen LogP contribution in [0.3, 0.4) is 0 Å². The highest BCUT2D eigenvalue weighted by Crippen LogP contribution is 2.37. The Hall–Kier alpha value is -2.60. The van der Waals surface area contributed by atoms with Crippen molar-refractivity contribution in [2.45, 2.75) is 19.4 Å². The number of aromatic nitrogens is 3. The van der Waals surface area contributed by atoms with Gasteiger partial charge in [-0.1, -0.05) is 12.2 Å². The van der Waals surface area contributed by atoms with Gasteiger partial charge in [-0.2, -0.15) is 0 Å². The fourth-order valence-electron chi connectivity index (χ4n) is 3.59. The molecular formula is C19H20N4O2. The number of fused-ring (bicyclic) bond motifs is 1. The van der Waals surface area contributed by atoms with E-state index in [1.807, 2.05) is 19.1 Å². The Bertz CT molecular complexity index is 821. The van der Waals surface area contributed by atoms with Gasteiger partial charge in [-0.15, -0.1) is 0 Å². The highest BCUT2D eigenvalue weighted by Gasteiger charge is 2.39. The molecule has 0 spiro atoms. The standard InChI is InChI=1S/C19H20N4O2/c1-12-3-6-16(18-20-7-2-8-21-18)17(22-12)19(25)23-10-14-5-4-13(14)9-15(23)11-24/h2-8,13-15,24H,9-11H2,1H3/t13?,14-,15?/m0/s1. The van der Waals surface area contributed by atoms with Crippen LogP contribution >= 0.6 is 0 Å². The highest BCUT2D eigenvalue weighted by atomic mass is 16.3. The zero-order valence-electron chi connectivity index (χ0n) is 14.0. The first-order valence-corrected chi connectivity index (χ1v) is 8.52. The van der Waals surface area contributed by atoms with Crippen molar-refractivity contribution in [1.29, 1.82) is 0 Å². The summed E-state index contributed by atoms with van der Waals surface area (Å²) >= 11 is 0. The summed E-state index contributed by atoms with van der Waals surface area (Å²) in [7, 11) is 0. The maximum absolute atomic E-state index is 13.3. The molecule has 2 unspecified atom stereocenters. The van der Waals surface area contributed by atoms with Gasteiger partial charge in [0, 0.05) is 30.6 Å². The number of allylic oxidation sites excluding steroid dienone is 1. The molecule has 25 heavy (non-hydrogen) atoms. The van der Waals surface area contributed by atoms with Crippen molar-refractivity contribution in [1.82, 2.24) is 19.9 Å². The molecule has 1 aliphatic heterocycles. The summed E-state index contributed by atoms with van der Waals surface area (Å²) in [6.45, 7) is 2.44. The van der Waals surface area contributed by atoms with Gasteiger partial charge in [0.05, 0.1) is 18.2 Å². The van der Waals surface area contributed by atoms with E-state index in [1.165, 1.54) is 0 Å². The predicted molar refractivity (Wildman–Crippen MR) is 92.6 cm³/mol. The van der Waals surface area contributed by atoms with Crippen LogP contribution in [-0.4, -0.2) is 50.1 Å². The lowest BCUT2D eigenvalue weighted by molar-refractivity contribution is 0.0325. The minimum atomic E-state index is -0.175. The van der Waals surface area contributed by atoms with Gasteiger partial charge in [-0.05, 0) is 37.5 Å². The number of aliphatic hydroxyl groups is 1. The van der Waals surface area contributed by atoms with Crippen LogP contribution in [0.4, 0.5) is 0 Å². The van der Waals surface area contributed by atoms with Gasteiger partial charge in [-0.3, -0.25) is 4.79 Å². The zero-order chi connectivity index (χ0) is 17.4. The lowest BCUT2D eigenvalue weighted by Crippen LogP contribution is -2.53. The first kappa shape index (κ1) is 15.9. The van der Waals surface area contributed by atoms with Crippen molar-refractivity contribution in [2.75, 3.05) is 13.2 Å². The van der Waals surface area contributed by atoms with E-state index in [-0.39, 0.29) is 18.6 Å². The van der Waals surface area contributed by atoms with E-state index in [0.29, 0.717) is 35.5 Å². The highest BCUT2D eigenvalue weighted by molar-refractivity contribution is 5.98. The number of rotatable bonds is 3. The lowest BCUT2D eigenvalue weighted by atomic mass is 9.74. The van der Waals surface area contributed by atoms with Gasteiger partial charge in [-0.25, -0.2) is 15.0 Å². The van der Waals surface area contributed by atoms with Crippen LogP contribution < -0.4 is 0 Å². The quantitative estimate of drug-likeness (QED) is 0.866. The molecule has 3 heterocycles. The minimum Gasteiger partial charge on any atom is -0.394 e. The minimum absolute atomic E-state index is 0.0359. The predicted octanol–water partition coefficient (Wildman–Crippen LogP) is 1.86. The molecule has 0 radical (unpaired) electrons. The number of likely N-dealkylation sites (tertiary alicyclic amines) is 1. The smallest absolute Gasteiger partial charge is 0.273 e. The Morgan fingerprint density at radius 3 is 2.68 bits per heavy atom. The van der Waals surface area contributed by atoms with Gasteiger partial charge in [0.25, 0.3) is 5.91 Å². The van der Waals surface area contributed by atoms with Gasteiger partial charge in [0.15, 0.2) is 5.82 Å². The molecule has 2 aromatic rings. The Morgan fingerprint density at radius 1 is 1.24 bits per heavy atom. The van der Waals surface area contributed by atoms with Crippen molar-refractivity contribution >= 4 is 5.91 Å². The molecule has 3 atom stereocenters. The summed E-state index contributed by atoms with van der Waals surface area (Å²) < 4.78 is 0. The summed E-state index contributed by atoms with van der Waals surface area (Å²) in [5.74, 6) is 1.18. The number of hydrogen-bond donors (Lipinski definition) is 1. The van der Waals surface area contributed by atoms with E-state index < -0.39 is 0 Å². The molecule has 6 heteroatoms. The summed E-state index contributed by atoms with van der Waals surface area (Å²) in [6, 6.07) is 5.26. The number of hydrogen-bond acceptors (Lipinski definition) is 5. The third kappa shape index (κ3) is 2.82. The normalized spacial score (nSPS) is 24.6. The second-order valence-electron chi connectivity index (χ2n) is 6.66. The van der Waals surface area contributed by atoms with E-state index >= 15 is 0 Å². The van der Waals surface area contributed by atoms with Crippen LogP contribution in [0, 0.1) is 18.8 Å². The second kappa shape index (κ2) is 6.37. The lowest BCUT2D eigenvalue weighted by Gasteiger charge is -2.45. The van der Waals surface area contributed by atoms with E-state index in [4.69, 9.17) is 0 Å². The topological polar surface area (TPSA) is 79.2 Å². The molecule has 4 rings (SSSR count). The summed E-state index contributed by atoms with van der Waals surface area (Å²) in [4.78, 5) is 28.0. The molecule has 2 aromatic heterocycles. The number of piperidine rings is 1. The van der Waals surface area contributed by atoms with Crippen LogP contribution in [0.5, 0.6) is 0 Å². The fourth-order valence-corrected chi connectivity index (χ4v) is 3.59. The van der Waals surface area contributed by atoms with Gasteiger partial charge in [0.1, 0.15) is 5.69 Å². The number of carbonyl (C=O) groups excluding carboxylic acids is 1. The summed E-state index contributed by atoms with van der Waals surface area (Å²) in [5, 5.41) is 9.76. The van der Waals surface area contributed by atoms with Crippen molar-refractivity contribution in [2.24, 2.45) is 11.8 Å². The molecule has 1 N–H and O–H groups in total. The van der Waals surface area contributed by atoms with Crippen LogP contribution in [0.1, 0.15) is 22.6 Å². The second-order valence-corrected chi connectivity index (χ2v) is 6.66. The average Bonchev–Trinajstić information content (AvgIpc) is 2.63. The molecular weight excluding hydrogens is 316 g/mol. The van der Waals surface area contributed by atoms with E-state index in [1.54, 1.807) is 23.4 Å². The molecule has 1 aliphatic carbocycles. The molecule has 0 aromatic carbocycles. The maximum atomic E-state index is 13.3. The van der Waals surface area contributed by atoms with Gasteiger partial charge >= 0.3 is 0 Å². The van der Waals surface area contributed by atoms with Crippen molar-refractivity contribution in [3.8, 4) is 11.4 Å². The van der Waals surface area contributed by atoms with Crippen molar-refractivity contribution < 1.29 is 9.90 Å². The summed E-state index contributed by atoms with van der Waals surface area (Å²) in [6.07, 6.45) is 8.41. The molecule has 128 valence electrons. The molecule has 1 amide bonds. The van der Waals surface area contributed by atoms with E-state index in [0.717, 1.165) is 12.1 Å². The van der Waals surface area contributed by atoms with Crippen molar-refractivity contribution in [3.63, 3.8) is 0 Å². The van der Waals surface area contributed by atoms with Crippen molar-refractivity contribution in [3.05, 3.63) is 54.1 Å². The number of pyridine rings is 1. The number of aryl methyl sites for hydroxylation is 1. The molecule has 2 aliphatic rings. The summed E-state index contributed by atoms with van der Waals surface area (Å²) in [5.41, 5.74) is 1.74. The van der Waals surface area contributed by atoms with Crippen LogP contribution in [0.15, 0.2) is 42.7 Å². The number of nitrogens with zero attached hydrogens (tertiary/aromatic N) is 4. The van der Waals surface area contributed by atoms with Crippen LogP contribution in [0.2, 0.25) is 0 Å². The van der Waals surface area contributed by atoms with E-state index in [9.17, 15) is 9.90 Å². The largest absolute Gasteiger partial charge is 0.394 e.